The third-order valence-electron chi connectivity index (χ3n) is 3.83. The van der Waals surface area contributed by atoms with Gasteiger partial charge in [0.15, 0.2) is 0 Å². The number of ether oxygens (including phenoxy) is 1. The van der Waals surface area contributed by atoms with Crippen LogP contribution >= 0.6 is 0 Å². The number of hydrogen-bond donors (Lipinski definition) is 1. The quantitative estimate of drug-likeness (QED) is 0.808. The van der Waals surface area contributed by atoms with E-state index in [9.17, 15) is 23.1 Å². The van der Waals surface area contributed by atoms with Gasteiger partial charge in [0.2, 0.25) is 0 Å². The summed E-state index contributed by atoms with van der Waals surface area (Å²) in [6.07, 6.45) is -5.08. The highest BCUT2D eigenvalue weighted by Gasteiger charge is 2.69. The van der Waals surface area contributed by atoms with Crippen molar-refractivity contribution in [1.82, 2.24) is 5.01 Å². The summed E-state index contributed by atoms with van der Waals surface area (Å²) in [6.45, 7) is 3.21. The number of rotatable bonds is 1. The van der Waals surface area contributed by atoms with Crippen molar-refractivity contribution in [3.05, 3.63) is 0 Å². The molecule has 0 spiro atoms. The number of carbonyl (C=O) groups excluding carboxylic acids is 1. The number of halogens is 3. The molecule has 114 valence electrons. The third kappa shape index (κ3) is 2.15. The molecule has 1 fully saturated rings. The van der Waals surface area contributed by atoms with Gasteiger partial charge in [-0.25, -0.2) is 4.79 Å². The fourth-order valence-corrected chi connectivity index (χ4v) is 2.78. The molecule has 0 radical (unpaired) electrons. The van der Waals surface area contributed by atoms with Gasteiger partial charge in [-0.2, -0.15) is 23.3 Å². The Morgan fingerprint density at radius 2 is 2.25 bits per heavy atom. The van der Waals surface area contributed by atoms with Crippen LogP contribution in [0.25, 0.3) is 0 Å². The van der Waals surface area contributed by atoms with E-state index in [0.717, 1.165) is 0 Å². The Morgan fingerprint density at radius 3 is 2.80 bits per heavy atom. The van der Waals surface area contributed by atoms with Crippen LogP contribution in [-0.4, -0.2) is 40.4 Å². The van der Waals surface area contributed by atoms with Crippen molar-refractivity contribution in [2.75, 3.05) is 6.61 Å². The number of nitrogens with zero attached hydrogens (tertiary/aromatic N) is 2. The summed E-state index contributed by atoms with van der Waals surface area (Å²) in [5.41, 5.74) is -3.08. The van der Waals surface area contributed by atoms with Gasteiger partial charge in [-0.15, -0.1) is 0 Å². The maximum Gasteiger partial charge on any atom is 0.439 e. The number of hydrogen-bond acceptors (Lipinski definition) is 4. The van der Waals surface area contributed by atoms with Crippen LogP contribution in [0.5, 0.6) is 0 Å². The topological polar surface area (TPSA) is 62.1 Å². The van der Waals surface area contributed by atoms with Gasteiger partial charge in [-0.1, -0.05) is 6.92 Å². The Morgan fingerprint density at radius 1 is 1.60 bits per heavy atom. The second-order valence-corrected chi connectivity index (χ2v) is 5.26. The van der Waals surface area contributed by atoms with Gasteiger partial charge in [-0.05, 0) is 32.1 Å². The molecule has 1 saturated carbocycles. The van der Waals surface area contributed by atoms with Crippen LogP contribution in [-0.2, 0) is 4.74 Å². The molecule has 1 N–H and O–H groups in total. The minimum absolute atomic E-state index is 0.0370. The van der Waals surface area contributed by atoms with Crippen LogP contribution in [0.2, 0.25) is 0 Å². The summed E-state index contributed by atoms with van der Waals surface area (Å²) >= 11 is 0. The molecule has 0 saturated heterocycles. The molecular weight excluding hydrogens is 277 g/mol. The van der Waals surface area contributed by atoms with Crippen LogP contribution in [0.4, 0.5) is 18.0 Å². The van der Waals surface area contributed by atoms with Crippen molar-refractivity contribution in [2.24, 2.45) is 16.9 Å². The molecule has 3 atom stereocenters. The number of fused-ring (bicyclic) bond motifs is 1. The summed E-state index contributed by atoms with van der Waals surface area (Å²) in [4.78, 5) is 11.7. The lowest BCUT2D eigenvalue weighted by atomic mass is 9.76. The first-order valence-electron chi connectivity index (χ1n) is 6.55. The Hall–Kier alpha value is -1.31. The van der Waals surface area contributed by atoms with Crippen LogP contribution in [0.15, 0.2) is 5.10 Å². The zero-order valence-electron chi connectivity index (χ0n) is 11.3. The van der Waals surface area contributed by atoms with E-state index in [4.69, 9.17) is 0 Å². The first kappa shape index (κ1) is 15.1. The second kappa shape index (κ2) is 4.91. The molecule has 1 aliphatic heterocycles. The molecule has 0 aromatic rings. The van der Waals surface area contributed by atoms with Crippen molar-refractivity contribution in [1.29, 1.82) is 0 Å². The number of amides is 1. The average Bonchev–Trinajstić information content (AvgIpc) is 2.64. The number of alkyl halides is 3. The summed E-state index contributed by atoms with van der Waals surface area (Å²) in [5, 5.41) is 13.9. The maximum atomic E-state index is 13.3. The highest BCUT2D eigenvalue weighted by molar-refractivity contribution is 5.92. The predicted molar refractivity (Wildman–Crippen MR) is 63.8 cm³/mol. The normalized spacial score (nSPS) is 33.7. The molecule has 1 heterocycles. The molecule has 2 rings (SSSR count). The van der Waals surface area contributed by atoms with E-state index in [1.54, 1.807) is 0 Å². The molecule has 0 aromatic carbocycles. The van der Waals surface area contributed by atoms with Crippen LogP contribution in [0, 0.1) is 11.8 Å². The lowest BCUT2D eigenvalue weighted by molar-refractivity contribution is -0.315. The van der Waals surface area contributed by atoms with Gasteiger partial charge in [-0.3, -0.25) is 0 Å². The molecule has 0 aromatic heterocycles. The van der Waals surface area contributed by atoms with E-state index in [1.165, 1.54) is 6.92 Å². The summed E-state index contributed by atoms with van der Waals surface area (Å²) in [5.74, 6) is -1.18. The Labute approximate surface area is 114 Å². The lowest BCUT2D eigenvalue weighted by Crippen LogP contribution is -2.61. The van der Waals surface area contributed by atoms with Gasteiger partial charge >= 0.3 is 12.3 Å². The molecule has 0 bridgehead atoms. The predicted octanol–water partition coefficient (Wildman–Crippen LogP) is 2.50. The lowest BCUT2D eigenvalue weighted by Gasteiger charge is -2.38. The number of carbonyl (C=O) groups is 1. The molecule has 5 nitrogen and oxygen atoms in total. The van der Waals surface area contributed by atoms with E-state index in [0.29, 0.717) is 12.8 Å². The average molecular weight is 294 g/mol. The molecular formula is C12H17F3N2O3. The molecule has 8 heteroatoms. The molecule has 2 aliphatic rings. The second-order valence-electron chi connectivity index (χ2n) is 5.26. The van der Waals surface area contributed by atoms with E-state index in [-0.39, 0.29) is 29.7 Å². The zero-order valence-corrected chi connectivity index (χ0v) is 11.3. The first-order valence-corrected chi connectivity index (χ1v) is 6.55. The van der Waals surface area contributed by atoms with Crippen LogP contribution < -0.4 is 0 Å². The highest BCUT2D eigenvalue weighted by atomic mass is 19.4. The fraction of sp³-hybridized carbons (Fsp3) is 0.833. The van der Waals surface area contributed by atoms with Gasteiger partial charge in [0.25, 0.3) is 5.72 Å². The summed E-state index contributed by atoms with van der Waals surface area (Å²) < 4.78 is 44.5. The van der Waals surface area contributed by atoms with E-state index < -0.39 is 23.9 Å². The Balaban J connectivity index is 2.40. The van der Waals surface area contributed by atoms with Crippen molar-refractivity contribution < 1.29 is 27.8 Å². The number of hydrazone groups is 1. The number of aliphatic hydroxyl groups is 1. The summed E-state index contributed by atoms with van der Waals surface area (Å²) in [6, 6.07) is 0. The third-order valence-corrected chi connectivity index (χ3v) is 3.83. The molecule has 1 aliphatic carbocycles. The van der Waals surface area contributed by atoms with Gasteiger partial charge < -0.3 is 9.84 Å². The Bertz CT molecular complexity index is 438. The van der Waals surface area contributed by atoms with Gasteiger partial charge in [0.05, 0.1) is 12.5 Å². The van der Waals surface area contributed by atoms with Crippen molar-refractivity contribution in [2.45, 2.75) is 45.0 Å². The monoisotopic (exact) mass is 294 g/mol. The van der Waals surface area contributed by atoms with Crippen molar-refractivity contribution in [3.63, 3.8) is 0 Å². The van der Waals surface area contributed by atoms with Gasteiger partial charge in [0.1, 0.15) is 0 Å². The fourth-order valence-electron chi connectivity index (χ4n) is 2.78. The van der Waals surface area contributed by atoms with Crippen LogP contribution in [0.3, 0.4) is 0 Å². The summed E-state index contributed by atoms with van der Waals surface area (Å²) in [7, 11) is 0. The van der Waals surface area contributed by atoms with Gasteiger partial charge in [0, 0.05) is 5.71 Å². The SMILES string of the molecule is CCOC(=O)N1N=C2CC[C@H](C)C[C@H]2[C@@]1(O)C(F)(F)F. The van der Waals surface area contributed by atoms with E-state index in [1.807, 2.05) is 6.92 Å². The highest BCUT2D eigenvalue weighted by Crippen LogP contribution is 2.49. The smallest absolute Gasteiger partial charge is 0.439 e. The minimum atomic E-state index is -4.99. The first-order chi connectivity index (χ1) is 9.21. The maximum absolute atomic E-state index is 13.3. The zero-order chi connectivity index (χ0) is 15.1. The van der Waals surface area contributed by atoms with Crippen molar-refractivity contribution in [3.8, 4) is 0 Å². The largest absolute Gasteiger partial charge is 0.448 e. The molecule has 20 heavy (non-hydrogen) atoms. The molecule has 1 amide bonds. The van der Waals surface area contributed by atoms with Crippen molar-refractivity contribution >= 4 is 11.8 Å². The minimum Gasteiger partial charge on any atom is -0.448 e. The standard InChI is InChI=1S/C12H17F3N2O3/c1-3-20-10(18)17-11(19,12(13,14)15)8-6-7(2)4-5-9(8)16-17/h7-8,19H,3-6H2,1-2H3/t7-,8+,11+/m0/s1. The van der Waals surface area contributed by atoms with E-state index in [2.05, 4.69) is 9.84 Å². The Kier molecular flexibility index (Phi) is 3.70. The van der Waals surface area contributed by atoms with E-state index >= 15 is 0 Å². The molecule has 0 unspecified atom stereocenters. The van der Waals surface area contributed by atoms with Crippen LogP contribution in [0.1, 0.15) is 33.1 Å².